The molecule has 0 unspecified atom stereocenters. The van der Waals surface area contributed by atoms with Gasteiger partial charge in [0.1, 0.15) is 0 Å². The molecule has 0 amide bonds. The Balaban J connectivity index is 1.17. The molecule has 0 fully saturated rings. The quantitative estimate of drug-likeness (QED) is 0.153. The topological polar surface area (TPSA) is 3.24 Å². The van der Waals surface area contributed by atoms with Crippen molar-refractivity contribution >= 4 is 49.4 Å². The smallest absolute Gasteiger partial charge is 0.0468 e. The Bertz CT molecular complexity index is 2670. The first-order chi connectivity index (χ1) is 25.5. The molecule has 0 bridgehead atoms. The SMILES string of the molecule is CC(C)(c1ccccc1)c1ccc(N(c2ccc(-c3ccccc3-c3ccccc3)cc2)c2ccc3c(ccc4ccc5ccccc5c43)c2)cc1. The second-order valence-electron chi connectivity index (χ2n) is 14.2. The van der Waals surface area contributed by atoms with Crippen LogP contribution in [0.5, 0.6) is 0 Å². The van der Waals surface area contributed by atoms with E-state index in [9.17, 15) is 0 Å². The molecule has 0 saturated carbocycles. The number of hydrogen-bond donors (Lipinski definition) is 0. The van der Waals surface area contributed by atoms with E-state index in [4.69, 9.17) is 0 Å². The van der Waals surface area contributed by atoms with Crippen molar-refractivity contribution in [1.29, 1.82) is 0 Å². The van der Waals surface area contributed by atoms with Crippen molar-refractivity contribution in [1.82, 2.24) is 0 Å². The van der Waals surface area contributed by atoms with Crippen molar-refractivity contribution in [2.75, 3.05) is 4.90 Å². The molecular formula is C51H39N. The summed E-state index contributed by atoms with van der Waals surface area (Å²) in [5.41, 5.74) is 10.7. The van der Waals surface area contributed by atoms with Crippen LogP contribution in [-0.4, -0.2) is 0 Å². The molecule has 0 aliphatic rings. The minimum atomic E-state index is -0.120. The lowest BCUT2D eigenvalue weighted by Crippen LogP contribution is -2.19. The zero-order chi connectivity index (χ0) is 35.1. The maximum atomic E-state index is 2.39. The fourth-order valence-electron chi connectivity index (χ4n) is 7.85. The Hall–Kier alpha value is -6.44. The highest BCUT2D eigenvalue weighted by atomic mass is 15.1. The van der Waals surface area contributed by atoms with Gasteiger partial charge in [0.05, 0.1) is 0 Å². The first-order valence-corrected chi connectivity index (χ1v) is 18.1. The molecule has 0 aliphatic heterocycles. The van der Waals surface area contributed by atoms with Crippen molar-refractivity contribution in [3.05, 3.63) is 211 Å². The maximum absolute atomic E-state index is 2.39. The van der Waals surface area contributed by atoms with E-state index in [-0.39, 0.29) is 5.41 Å². The van der Waals surface area contributed by atoms with Gasteiger partial charge in [0.25, 0.3) is 0 Å². The van der Waals surface area contributed by atoms with E-state index >= 15 is 0 Å². The van der Waals surface area contributed by atoms with Crippen LogP contribution in [0.2, 0.25) is 0 Å². The minimum absolute atomic E-state index is 0.120. The monoisotopic (exact) mass is 665 g/mol. The lowest BCUT2D eigenvalue weighted by atomic mass is 9.78. The molecule has 9 aromatic carbocycles. The fourth-order valence-corrected chi connectivity index (χ4v) is 7.85. The van der Waals surface area contributed by atoms with Gasteiger partial charge in [-0.3, -0.25) is 0 Å². The molecule has 0 aromatic heterocycles. The van der Waals surface area contributed by atoms with Crippen molar-refractivity contribution in [3.63, 3.8) is 0 Å². The molecule has 9 aromatic rings. The zero-order valence-electron chi connectivity index (χ0n) is 29.5. The largest absolute Gasteiger partial charge is 0.310 e. The lowest BCUT2D eigenvalue weighted by molar-refractivity contribution is 0.641. The number of anilines is 3. The van der Waals surface area contributed by atoms with Gasteiger partial charge in [0.2, 0.25) is 0 Å². The number of fused-ring (bicyclic) bond motifs is 5. The molecule has 0 atom stereocenters. The van der Waals surface area contributed by atoms with Crippen LogP contribution in [0.3, 0.4) is 0 Å². The predicted molar refractivity (Wildman–Crippen MR) is 223 cm³/mol. The Labute approximate surface area is 306 Å². The van der Waals surface area contributed by atoms with Crippen LogP contribution in [0.25, 0.3) is 54.6 Å². The van der Waals surface area contributed by atoms with Crippen LogP contribution in [0.4, 0.5) is 17.1 Å². The third-order valence-electron chi connectivity index (χ3n) is 10.8. The zero-order valence-corrected chi connectivity index (χ0v) is 29.5. The Kier molecular flexibility index (Phi) is 7.90. The standard InChI is InChI=1S/C51H39N/c1-51(2,41-16-7-4-8-17-41)42-27-31-44(32-28-42)52(43-29-25-38(26-30-43)47-19-12-11-18-46(47)36-13-5-3-6-14-36)45-33-34-49-40(35-45)24-23-39-22-21-37-15-9-10-20-48(37)50(39)49/h3-35H,1-2H3. The van der Waals surface area contributed by atoms with Gasteiger partial charge in [-0.2, -0.15) is 0 Å². The van der Waals surface area contributed by atoms with Gasteiger partial charge >= 0.3 is 0 Å². The Morgan fingerprint density at radius 1 is 0.346 bits per heavy atom. The van der Waals surface area contributed by atoms with Gasteiger partial charge in [-0.15, -0.1) is 0 Å². The average Bonchev–Trinajstić information content (AvgIpc) is 3.22. The molecule has 9 rings (SSSR count). The summed E-state index contributed by atoms with van der Waals surface area (Å²) in [5, 5.41) is 7.62. The summed E-state index contributed by atoms with van der Waals surface area (Å²) in [4.78, 5) is 2.39. The molecule has 1 nitrogen and oxygen atoms in total. The van der Waals surface area contributed by atoms with Crippen molar-refractivity contribution in [2.24, 2.45) is 0 Å². The summed E-state index contributed by atoms with van der Waals surface area (Å²) in [6.07, 6.45) is 0. The molecule has 52 heavy (non-hydrogen) atoms. The molecule has 0 aliphatic carbocycles. The van der Waals surface area contributed by atoms with E-state index in [1.54, 1.807) is 0 Å². The molecular weight excluding hydrogens is 627 g/mol. The summed E-state index contributed by atoms with van der Waals surface area (Å²) in [6, 6.07) is 72.9. The predicted octanol–water partition coefficient (Wildman–Crippen LogP) is 14.3. The molecule has 0 heterocycles. The first kappa shape index (κ1) is 31.5. The van der Waals surface area contributed by atoms with E-state index in [2.05, 4.69) is 219 Å². The molecule has 1 heteroatoms. The summed E-state index contributed by atoms with van der Waals surface area (Å²) >= 11 is 0. The maximum Gasteiger partial charge on any atom is 0.0468 e. The van der Waals surface area contributed by atoms with Gasteiger partial charge in [-0.25, -0.2) is 0 Å². The summed E-state index contributed by atoms with van der Waals surface area (Å²) in [6.45, 7) is 4.61. The molecule has 0 N–H and O–H groups in total. The summed E-state index contributed by atoms with van der Waals surface area (Å²) in [5.74, 6) is 0. The first-order valence-electron chi connectivity index (χ1n) is 18.1. The molecule has 0 saturated heterocycles. The van der Waals surface area contributed by atoms with Crippen LogP contribution >= 0.6 is 0 Å². The van der Waals surface area contributed by atoms with Crippen LogP contribution in [0, 0.1) is 0 Å². The second-order valence-corrected chi connectivity index (χ2v) is 14.2. The molecule has 0 spiro atoms. The Morgan fingerprint density at radius 3 is 1.52 bits per heavy atom. The third kappa shape index (κ3) is 5.61. The number of hydrogen-bond acceptors (Lipinski definition) is 1. The van der Waals surface area contributed by atoms with Crippen LogP contribution in [0.15, 0.2) is 200 Å². The average molecular weight is 666 g/mol. The van der Waals surface area contributed by atoms with E-state index in [0.717, 1.165) is 17.1 Å². The van der Waals surface area contributed by atoms with Gasteiger partial charge < -0.3 is 4.90 Å². The highest BCUT2D eigenvalue weighted by Gasteiger charge is 2.23. The van der Waals surface area contributed by atoms with Gasteiger partial charge in [0, 0.05) is 22.5 Å². The van der Waals surface area contributed by atoms with E-state index in [1.807, 2.05) is 0 Å². The summed E-state index contributed by atoms with van der Waals surface area (Å²) in [7, 11) is 0. The van der Waals surface area contributed by atoms with E-state index < -0.39 is 0 Å². The van der Waals surface area contributed by atoms with Gasteiger partial charge in [-0.05, 0) is 102 Å². The third-order valence-corrected chi connectivity index (χ3v) is 10.8. The van der Waals surface area contributed by atoms with Crippen molar-refractivity contribution in [2.45, 2.75) is 19.3 Å². The lowest BCUT2D eigenvalue weighted by Gasteiger charge is -2.29. The van der Waals surface area contributed by atoms with Crippen molar-refractivity contribution < 1.29 is 0 Å². The van der Waals surface area contributed by atoms with Gasteiger partial charge in [-0.1, -0.05) is 178 Å². The van der Waals surface area contributed by atoms with Gasteiger partial charge in [0.15, 0.2) is 0 Å². The fraction of sp³-hybridized carbons (Fsp3) is 0.0588. The van der Waals surface area contributed by atoms with Crippen molar-refractivity contribution in [3.8, 4) is 22.3 Å². The van der Waals surface area contributed by atoms with Crippen LogP contribution in [-0.2, 0) is 5.41 Å². The normalized spacial score (nSPS) is 11.7. The molecule has 0 radical (unpaired) electrons. The number of nitrogens with zero attached hydrogens (tertiary/aromatic N) is 1. The number of benzene rings is 9. The minimum Gasteiger partial charge on any atom is -0.310 e. The molecule has 248 valence electrons. The summed E-state index contributed by atoms with van der Waals surface area (Å²) < 4.78 is 0. The van der Waals surface area contributed by atoms with E-state index in [1.165, 1.54) is 65.7 Å². The highest BCUT2D eigenvalue weighted by molar-refractivity contribution is 6.20. The van der Waals surface area contributed by atoms with E-state index in [0.29, 0.717) is 0 Å². The Morgan fingerprint density at radius 2 is 0.827 bits per heavy atom. The van der Waals surface area contributed by atoms with Crippen LogP contribution < -0.4 is 4.90 Å². The highest BCUT2D eigenvalue weighted by Crippen LogP contribution is 2.41. The van der Waals surface area contributed by atoms with Crippen LogP contribution in [0.1, 0.15) is 25.0 Å². The second kappa shape index (κ2) is 13.0. The number of rotatable bonds is 7.